The van der Waals surface area contributed by atoms with E-state index in [1.54, 1.807) is 0 Å². The Morgan fingerprint density at radius 1 is 1.21 bits per heavy atom. The van der Waals surface area contributed by atoms with Gasteiger partial charge in [-0.1, -0.05) is 6.42 Å². The lowest BCUT2D eigenvalue weighted by molar-refractivity contribution is 0.164. The van der Waals surface area contributed by atoms with Crippen LogP contribution in [0.5, 0.6) is 0 Å². The lowest BCUT2D eigenvalue weighted by atomic mass is 9.79. The Bertz CT molecular complexity index is 467. The Morgan fingerprint density at radius 2 is 1.89 bits per heavy atom. The van der Waals surface area contributed by atoms with Crippen molar-refractivity contribution in [3.05, 3.63) is 24.3 Å². The first-order chi connectivity index (χ1) is 9.20. The van der Waals surface area contributed by atoms with Crippen molar-refractivity contribution in [3.8, 4) is 0 Å². The van der Waals surface area contributed by atoms with Crippen molar-refractivity contribution in [2.24, 2.45) is 5.92 Å². The van der Waals surface area contributed by atoms with Crippen molar-refractivity contribution in [1.29, 1.82) is 0 Å². The Balaban J connectivity index is 1.78. The zero-order chi connectivity index (χ0) is 13.4. The number of benzene rings is 1. The molecule has 1 unspecified atom stereocenters. The van der Waals surface area contributed by atoms with Gasteiger partial charge in [-0.3, -0.25) is 4.90 Å². The summed E-state index contributed by atoms with van der Waals surface area (Å²) in [5, 5.41) is 3.10. The highest BCUT2D eigenvalue weighted by molar-refractivity contribution is 5.94. The van der Waals surface area contributed by atoms with Crippen molar-refractivity contribution in [2.75, 3.05) is 30.9 Å². The van der Waals surface area contributed by atoms with E-state index in [2.05, 4.69) is 5.32 Å². The first kappa shape index (κ1) is 12.3. The summed E-state index contributed by atoms with van der Waals surface area (Å²) < 4.78 is 0. The third kappa shape index (κ3) is 2.05. The van der Waals surface area contributed by atoms with Gasteiger partial charge < -0.3 is 10.2 Å². The quantitative estimate of drug-likeness (QED) is 0.906. The molecule has 0 aromatic heterocycles. The normalized spacial score (nSPS) is 23.7. The molecule has 2 fully saturated rings. The summed E-state index contributed by atoms with van der Waals surface area (Å²) in [6.07, 6.45) is 3.86. The molecule has 19 heavy (non-hydrogen) atoms. The first-order valence-corrected chi connectivity index (χ1v) is 7.03. The first-order valence-electron chi connectivity index (χ1n) is 7.03. The summed E-state index contributed by atoms with van der Waals surface area (Å²) >= 11 is 0. The monoisotopic (exact) mass is 259 g/mol. The Labute approximate surface area is 114 Å². The molecule has 0 spiro atoms. The maximum absolute atomic E-state index is 12.4. The Kier molecular flexibility index (Phi) is 3.09. The molecule has 102 valence electrons. The van der Waals surface area contributed by atoms with Gasteiger partial charge in [0.15, 0.2) is 0 Å². The van der Waals surface area contributed by atoms with Gasteiger partial charge in [-0.2, -0.15) is 0 Å². The van der Waals surface area contributed by atoms with Gasteiger partial charge in [0.2, 0.25) is 0 Å². The summed E-state index contributed by atoms with van der Waals surface area (Å²) in [4.78, 5) is 16.2. The molecule has 1 aliphatic heterocycles. The van der Waals surface area contributed by atoms with Crippen LogP contribution in [-0.2, 0) is 0 Å². The second-order valence-corrected chi connectivity index (χ2v) is 5.56. The highest BCUT2D eigenvalue weighted by Gasteiger charge is 2.41. The minimum Gasteiger partial charge on any atom is -0.388 e. The van der Waals surface area contributed by atoms with E-state index in [4.69, 9.17) is 0 Å². The number of nitrogens with zero attached hydrogens (tertiary/aromatic N) is 2. The van der Waals surface area contributed by atoms with Crippen LogP contribution < -0.4 is 10.2 Å². The maximum Gasteiger partial charge on any atom is 0.324 e. The molecule has 3 rings (SSSR count). The molecular weight excluding hydrogens is 238 g/mol. The summed E-state index contributed by atoms with van der Waals surface area (Å²) in [5.41, 5.74) is 2.07. The van der Waals surface area contributed by atoms with E-state index in [9.17, 15) is 4.79 Å². The van der Waals surface area contributed by atoms with Crippen LogP contribution in [0, 0.1) is 5.92 Å². The lowest BCUT2D eigenvalue weighted by Gasteiger charge is -2.33. The molecule has 1 saturated carbocycles. The molecular formula is C15H21N3O. The fourth-order valence-electron chi connectivity index (χ4n) is 3.03. The minimum atomic E-state index is 0.133. The number of hydrogen-bond donors (Lipinski definition) is 1. The molecule has 1 aromatic carbocycles. The molecule has 1 heterocycles. The number of carbonyl (C=O) groups is 1. The van der Waals surface area contributed by atoms with Crippen molar-refractivity contribution in [2.45, 2.75) is 25.3 Å². The van der Waals surface area contributed by atoms with E-state index >= 15 is 0 Å². The van der Waals surface area contributed by atoms with Crippen LogP contribution in [0.4, 0.5) is 16.2 Å². The third-order valence-electron chi connectivity index (χ3n) is 4.56. The van der Waals surface area contributed by atoms with Gasteiger partial charge >= 0.3 is 6.03 Å². The number of urea groups is 1. The van der Waals surface area contributed by atoms with E-state index < -0.39 is 0 Å². The van der Waals surface area contributed by atoms with Crippen molar-refractivity contribution < 1.29 is 4.79 Å². The second kappa shape index (κ2) is 4.76. The average molecular weight is 259 g/mol. The predicted molar refractivity (Wildman–Crippen MR) is 77.6 cm³/mol. The van der Waals surface area contributed by atoms with Crippen molar-refractivity contribution >= 4 is 17.4 Å². The molecule has 1 saturated heterocycles. The summed E-state index contributed by atoms with van der Waals surface area (Å²) in [6.45, 7) is 0.832. The fraction of sp³-hybridized carbons (Fsp3) is 0.533. The molecule has 1 aliphatic carbocycles. The van der Waals surface area contributed by atoms with Gasteiger partial charge in [0.05, 0.1) is 6.04 Å². The number of likely N-dealkylation sites (N-methyl/N-ethyl adjacent to an activating group) is 1. The zero-order valence-corrected chi connectivity index (χ0v) is 11.6. The summed E-state index contributed by atoms with van der Waals surface area (Å²) in [7, 11) is 3.84. The second-order valence-electron chi connectivity index (χ2n) is 5.56. The van der Waals surface area contributed by atoms with E-state index in [0.29, 0.717) is 12.0 Å². The third-order valence-corrected chi connectivity index (χ3v) is 4.56. The molecule has 4 heteroatoms. The molecule has 0 bridgehead atoms. The van der Waals surface area contributed by atoms with E-state index in [-0.39, 0.29) is 6.03 Å². The van der Waals surface area contributed by atoms with E-state index in [1.807, 2.05) is 48.2 Å². The molecule has 2 amide bonds. The fourth-order valence-corrected chi connectivity index (χ4v) is 3.03. The average Bonchev–Trinajstić information content (AvgIpc) is 2.66. The molecule has 1 atom stereocenters. The zero-order valence-electron chi connectivity index (χ0n) is 11.6. The standard InChI is InChI=1S/C15H21N3O/c1-16-12-6-8-13(9-7-12)18-10-14(11-4-3-5-11)17(2)15(18)19/h6-9,11,14,16H,3-5,10H2,1-2H3. The highest BCUT2D eigenvalue weighted by Crippen LogP contribution is 2.36. The number of carbonyl (C=O) groups excluding carboxylic acids is 1. The smallest absolute Gasteiger partial charge is 0.324 e. The van der Waals surface area contributed by atoms with Crippen LogP contribution in [0.2, 0.25) is 0 Å². The summed E-state index contributed by atoms with van der Waals surface area (Å²) in [5.74, 6) is 0.704. The van der Waals surface area contributed by atoms with Gasteiger partial charge in [0.1, 0.15) is 0 Å². The molecule has 1 N–H and O–H groups in total. The van der Waals surface area contributed by atoms with Crippen LogP contribution in [0.3, 0.4) is 0 Å². The Morgan fingerprint density at radius 3 is 2.42 bits per heavy atom. The SMILES string of the molecule is CNc1ccc(N2CC(C3CCC3)N(C)C2=O)cc1. The van der Waals surface area contributed by atoms with Gasteiger partial charge in [0, 0.05) is 32.0 Å². The topological polar surface area (TPSA) is 35.6 Å². The van der Waals surface area contributed by atoms with Gasteiger partial charge in [-0.25, -0.2) is 4.79 Å². The molecule has 0 radical (unpaired) electrons. The number of rotatable bonds is 3. The van der Waals surface area contributed by atoms with Gasteiger partial charge in [-0.15, -0.1) is 0 Å². The van der Waals surface area contributed by atoms with Crippen LogP contribution in [0.1, 0.15) is 19.3 Å². The van der Waals surface area contributed by atoms with E-state index in [0.717, 1.165) is 17.9 Å². The number of anilines is 2. The molecule has 4 nitrogen and oxygen atoms in total. The number of amides is 2. The predicted octanol–water partition coefficient (Wildman–Crippen LogP) is 2.77. The van der Waals surface area contributed by atoms with Crippen molar-refractivity contribution in [1.82, 2.24) is 4.90 Å². The van der Waals surface area contributed by atoms with Crippen LogP contribution in [-0.4, -0.2) is 37.6 Å². The van der Waals surface area contributed by atoms with Crippen molar-refractivity contribution in [3.63, 3.8) is 0 Å². The van der Waals surface area contributed by atoms with Gasteiger partial charge in [-0.05, 0) is 43.0 Å². The molecule has 1 aromatic rings. The lowest BCUT2D eigenvalue weighted by Crippen LogP contribution is -2.39. The Hall–Kier alpha value is -1.71. The summed E-state index contributed by atoms with van der Waals surface area (Å²) in [6, 6.07) is 8.58. The highest BCUT2D eigenvalue weighted by atomic mass is 16.2. The number of hydrogen-bond acceptors (Lipinski definition) is 2. The minimum absolute atomic E-state index is 0.133. The van der Waals surface area contributed by atoms with Gasteiger partial charge in [0.25, 0.3) is 0 Å². The van der Waals surface area contributed by atoms with Crippen LogP contribution in [0.25, 0.3) is 0 Å². The number of nitrogens with one attached hydrogen (secondary N) is 1. The van der Waals surface area contributed by atoms with E-state index in [1.165, 1.54) is 19.3 Å². The van der Waals surface area contributed by atoms with Crippen LogP contribution >= 0.6 is 0 Å². The maximum atomic E-state index is 12.4. The largest absolute Gasteiger partial charge is 0.388 e. The van der Waals surface area contributed by atoms with Crippen LogP contribution in [0.15, 0.2) is 24.3 Å². The molecule has 2 aliphatic rings.